The topological polar surface area (TPSA) is 80.2 Å². The second-order valence-corrected chi connectivity index (χ2v) is 8.16. The lowest BCUT2D eigenvalue weighted by atomic mass is 9.80. The van der Waals surface area contributed by atoms with Crippen LogP contribution in [-0.4, -0.2) is 52.1 Å². The van der Waals surface area contributed by atoms with Crippen LogP contribution in [0.25, 0.3) is 0 Å². The van der Waals surface area contributed by atoms with E-state index in [9.17, 15) is 4.79 Å². The van der Waals surface area contributed by atoms with Crippen LogP contribution in [0.4, 0.5) is 5.95 Å². The molecule has 0 bridgehead atoms. The maximum atomic E-state index is 12.9. The molecular formula is C21H25N5O2. The van der Waals surface area contributed by atoms with Crippen molar-refractivity contribution >= 4 is 11.9 Å². The molecule has 7 heteroatoms. The summed E-state index contributed by atoms with van der Waals surface area (Å²) >= 11 is 0. The molecule has 0 saturated carbocycles. The molecule has 2 fully saturated rings. The summed E-state index contributed by atoms with van der Waals surface area (Å²) in [7, 11) is 0. The van der Waals surface area contributed by atoms with Gasteiger partial charge in [-0.1, -0.05) is 6.07 Å². The highest BCUT2D eigenvalue weighted by atomic mass is 16.5. The van der Waals surface area contributed by atoms with Crippen molar-refractivity contribution in [3.63, 3.8) is 0 Å². The number of anilines is 1. The first-order valence-corrected chi connectivity index (χ1v) is 10.1. The molecule has 2 aliphatic heterocycles. The molecule has 4 heterocycles. The minimum atomic E-state index is 0.0327. The van der Waals surface area contributed by atoms with E-state index in [4.69, 9.17) is 4.74 Å². The van der Waals surface area contributed by atoms with Crippen molar-refractivity contribution in [2.24, 2.45) is 5.41 Å². The number of pyridine rings is 1. The summed E-state index contributed by atoms with van der Waals surface area (Å²) in [6.45, 7) is 3.25. The molecule has 0 unspecified atom stereocenters. The van der Waals surface area contributed by atoms with Crippen molar-refractivity contribution in [2.45, 2.75) is 38.1 Å². The third kappa shape index (κ3) is 3.24. The van der Waals surface area contributed by atoms with Crippen LogP contribution in [0.1, 0.15) is 53.3 Å². The Labute approximate surface area is 164 Å². The third-order valence-electron chi connectivity index (χ3n) is 6.45. The van der Waals surface area contributed by atoms with Crippen molar-refractivity contribution in [1.82, 2.24) is 19.9 Å². The summed E-state index contributed by atoms with van der Waals surface area (Å²) in [5.41, 5.74) is 3.16. The predicted molar refractivity (Wildman–Crippen MR) is 104 cm³/mol. The van der Waals surface area contributed by atoms with E-state index < -0.39 is 0 Å². The van der Waals surface area contributed by atoms with Gasteiger partial charge in [-0.3, -0.25) is 9.78 Å². The van der Waals surface area contributed by atoms with E-state index in [1.807, 2.05) is 17.2 Å². The van der Waals surface area contributed by atoms with Gasteiger partial charge in [-0.15, -0.1) is 0 Å². The number of hydrogen-bond acceptors (Lipinski definition) is 6. The number of rotatable bonds is 3. The average molecular weight is 379 g/mol. The number of ether oxygens (including phenoxy) is 1. The van der Waals surface area contributed by atoms with Crippen LogP contribution >= 0.6 is 0 Å². The van der Waals surface area contributed by atoms with Gasteiger partial charge < -0.3 is 15.0 Å². The van der Waals surface area contributed by atoms with Crippen LogP contribution in [0, 0.1) is 5.41 Å². The van der Waals surface area contributed by atoms with Gasteiger partial charge in [0.1, 0.15) is 0 Å². The quantitative estimate of drug-likeness (QED) is 0.883. The number of likely N-dealkylation sites (tertiary alicyclic amines) is 1. The average Bonchev–Trinajstić information content (AvgIpc) is 3.34. The van der Waals surface area contributed by atoms with Gasteiger partial charge in [0.15, 0.2) is 0 Å². The van der Waals surface area contributed by atoms with E-state index in [-0.39, 0.29) is 17.4 Å². The van der Waals surface area contributed by atoms with E-state index >= 15 is 0 Å². The van der Waals surface area contributed by atoms with Gasteiger partial charge in [0.05, 0.1) is 11.6 Å². The molecule has 3 aliphatic rings. The molecule has 1 atom stereocenters. The molecule has 1 amide bonds. The second kappa shape index (κ2) is 7.13. The van der Waals surface area contributed by atoms with Crippen LogP contribution in [0.5, 0.6) is 0 Å². The first-order valence-electron chi connectivity index (χ1n) is 10.1. The van der Waals surface area contributed by atoms with Gasteiger partial charge in [0, 0.05) is 50.6 Å². The van der Waals surface area contributed by atoms with E-state index in [2.05, 4.69) is 26.3 Å². The number of aromatic nitrogens is 3. The minimum Gasteiger partial charge on any atom is -0.381 e. The van der Waals surface area contributed by atoms with Gasteiger partial charge in [-0.05, 0) is 49.1 Å². The molecule has 1 spiro atoms. The maximum Gasteiger partial charge on any atom is 0.257 e. The fourth-order valence-electron chi connectivity index (χ4n) is 4.74. The number of aryl methyl sites for hydroxylation is 1. The Balaban J connectivity index is 1.24. The molecule has 146 valence electrons. The molecule has 7 nitrogen and oxygen atoms in total. The zero-order valence-electron chi connectivity index (χ0n) is 15.9. The lowest BCUT2D eigenvalue weighted by Gasteiger charge is -2.33. The standard InChI is InChI=1S/C21H25N5O2/c27-19(26-9-5-21(14-26)6-10-28-11-7-21)15-12-23-20(24-13-15)25-18-4-3-17-16(18)2-1-8-22-17/h1-2,8,12-13,18H,3-7,9-11,14H2,(H,23,24,25)/t18-/m1/s1. The van der Waals surface area contributed by atoms with Gasteiger partial charge in [0.2, 0.25) is 5.95 Å². The minimum absolute atomic E-state index is 0.0327. The van der Waals surface area contributed by atoms with E-state index in [1.54, 1.807) is 12.4 Å². The molecule has 1 N–H and O–H groups in total. The Kier molecular flexibility index (Phi) is 4.47. The Morgan fingerprint density at radius 3 is 2.82 bits per heavy atom. The Morgan fingerprint density at radius 1 is 1.18 bits per heavy atom. The number of nitrogens with zero attached hydrogens (tertiary/aromatic N) is 4. The molecule has 1 aliphatic carbocycles. The molecule has 0 radical (unpaired) electrons. The first kappa shape index (κ1) is 17.6. The number of carbonyl (C=O) groups is 1. The van der Waals surface area contributed by atoms with E-state index in [0.29, 0.717) is 11.5 Å². The Hall–Kier alpha value is -2.54. The van der Waals surface area contributed by atoms with Crippen LogP contribution < -0.4 is 5.32 Å². The smallest absolute Gasteiger partial charge is 0.257 e. The fraction of sp³-hybridized carbons (Fsp3) is 0.524. The maximum absolute atomic E-state index is 12.9. The van der Waals surface area contributed by atoms with Crippen molar-refractivity contribution in [2.75, 3.05) is 31.6 Å². The van der Waals surface area contributed by atoms with Gasteiger partial charge in [0.25, 0.3) is 5.91 Å². The molecule has 2 aromatic heterocycles. The normalized spacial score (nSPS) is 23.0. The second-order valence-electron chi connectivity index (χ2n) is 8.16. The molecule has 0 aromatic carbocycles. The summed E-state index contributed by atoms with van der Waals surface area (Å²) in [5.74, 6) is 0.589. The summed E-state index contributed by atoms with van der Waals surface area (Å²) in [5, 5.41) is 3.38. The fourth-order valence-corrected chi connectivity index (χ4v) is 4.74. The van der Waals surface area contributed by atoms with Crippen LogP contribution in [0.2, 0.25) is 0 Å². The lowest BCUT2D eigenvalue weighted by molar-refractivity contribution is 0.0191. The first-order chi connectivity index (χ1) is 13.7. The highest BCUT2D eigenvalue weighted by Gasteiger charge is 2.41. The monoisotopic (exact) mass is 379 g/mol. The Bertz CT molecular complexity index is 863. The molecular weight excluding hydrogens is 354 g/mol. The summed E-state index contributed by atoms with van der Waals surface area (Å²) in [4.78, 5) is 28.1. The van der Waals surface area contributed by atoms with E-state index in [0.717, 1.165) is 64.1 Å². The van der Waals surface area contributed by atoms with Gasteiger partial charge in [-0.2, -0.15) is 0 Å². The van der Waals surface area contributed by atoms with Crippen molar-refractivity contribution in [3.8, 4) is 0 Å². The van der Waals surface area contributed by atoms with Gasteiger partial charge >= 0.3 is 0 Å². The summed E-state index contributed by atoms with van der Waals surface area (Å²) in [6, 6.07) is 4.24. The molecule has 5 rings (SSSR count). The molecule has 2 saturated heterocycles. The van der Waals surface area contributed by atoms with Gasteiger partial charge in [-0.25, -0.2) is 9.97 Å². The highest BCUT2D eigenvalue weighted by Crippen LogP contribution is 2.40. The van der Waals surface area contributed by atoms with E-state index in [1.165, 1.54) is 5.56 Å². The number of hydrogen-bond donors (Lipinski definition) is 1. The van der Waals surface area contributed by atoms with Crippen molar-refractivity contribution in [1.29, 1.82) is 0 Å². The summed E-state index contributed by atoms with van der Waals surface area (Å²) in [6.07, 6.45) is 10.2. The summed E-state index contributed by atoms with van der Waals surface area (Å²) < 4.78 is 5.49. The lowest BCUT2D eigenvalue weighted by Crippen LogP contribution is -2.35. The number of amides is 1. The van der Waals surface area contributed by atoms with Crippen molar-refractivity contribution < 1.29 is 9.53 Å². The SMILES string of the molecule is O=C(c1cnc(N[C@@H]2CCc3ncccc32)nc1)N1CCC2(CCOCC2)C1. The predicted octanol–water partition coefficient (Wildman–Crippen LogP) is 2.61. The number of carbonyl (C=O) groups excluding carboxylic acids is 1. The number of nitrogens with one attached hydrogen (secondary N) is 1. The molecule has 28 heavy (non-hydrogen) atoms. The zero-order chi connectivity index (χ0) is 19.0. The van der Waals surface area contributed by atoms with Crippen LogP contribution in [-0.2, 0) is 11.2 Å². The highest BCUT2D eigenvalue weighted by molar-refractivity contribution is 5.94. The molecule has 2 aromatic rings. The van der Waals surface area contributed by atoms with Crippen molar-refractivity contribution in [3.05, 3.63) is 47.5 Å². The Morgan fingerprint density at radius 2 is 2.00 bits per heavy atom. The van der Waals surface area contributed by atoms with Crippen LogP contribution in [0.15, 0.2) is 30.7 Å². The third-order valence-corrected chi connectivity index (χ3v) is 6.45. The number of fused-ring (bicyclic) bond motifs is 1. The van der Waals surface area contributed by atoms with Crippen LogP contribution in [0.3, 0.4) is 0 Å². The largest absolute Gasteiger partial charge is 0.381 e. The zero-order valence-corrected chi connectivity index (χ0v) is 15.9.